The standard InChI is InChI=1S/C18H14F3N5OS/c1-9-6-13(14-11(7-22)4-5-28-14)24-16-12(8-23-26(9)16)17(27)25-15(10-2-3-10)18(19,20)21/h4-6,8,10,15H,2-3H2,1H3,(H,25,27). The molecule has 10 heteroatoms. The van der Waals surface area contributed by atoms with Crippen LogP contribution in [0.4, 0.5) is 13.2 Å². The maximum atomic E-state index is 13.2. The molecule has 1 aliphatic carbocycles. The number of amides is 1. The Morgan fingerprint density at radius 2 is 2.21 bits per heavy atom. The Morgan fingerprint density at radius 1 is 1.46 bits per heavy atom. The van der Waals surface area contributed by atoms with Crippen molar-refractivity contribution in [2.24, 2.45) is 5.92 Å². The lowest BCUT2D eigenvalue weighted by atomic mass is 10.1. The van der Waals surface area contributed by atoms with Crippen molar-refractivity contribution in [3.8, 4) is 16.6 Å². The van der Waals surface area contributed by atoms with Gasteiger partial charge >= 0.3 is 6.18 Å². The third-order valence-electron chi connectivity index (χ3n) is 4.65. The molecule has 1 fully saturated rings. The molecule has 1 saturated carbocycles. The Bertz CT molecular complexity index is 1110. The van der Waals surface area contributed by atoms with Gasteiger partial charge in [0.2, 0.25) is 0 Å². The Kier molecular flexibility index (Phi) is 4.34. The number of aromatic nitrogens is 3. The SMILES string of the molecule is Cc1cc(-c2sccc2C#N)nc2c(C(=O)NC(C3CC3)C(F)(F)F)cnn12. The van der Waals surface area contributed by atoms with E-state index < -0.39 is 24.0 Å². The minimum absolute atomic E-state index is 0.0325. The Labute approximate surface area is 161 Å². The van der Waals surface area contributed by atoms with E-state index >= 15 is 0 Å². The number of alkyl halides is 3. The topological polar surface area (TPSA) is 83.1 Å². The van der Waals surface area contributed by atoms with Crippen molar-refractivity contribution in [1.29, 1.82) is 5.26 Å². The second-order valence-corrected chi connectivity index (χ2v) is 7.60. The lowest BCUT2D eigenvalue weighted by Gasteiger charge is -2.20. The molecule has 0 radical (unpaired) electrons. The van der Waals surface area contributed by atoms with Gasteiger partial charge in [-0.1, -0.05) is 0 Å². The van der Waals surface area contributed by atoms with E-state index in [0.29, 0.717) is 34.7 Å². The fourth-order valence-electron chi connectivity index (χ4n) is 3.10. The molecular weight excluding hydrogens is 391 g/mol. The van der Waals surface area contributed by atoms with Crippen molar-refractivity contribution >= 4 is 22.9 Å². The summed E-state index contributed by atoms with van der Waals surface area (Å²) in [5.74, 6) is -1.44. The van der Waals surface area contributed by atoms with Crippen LogP contribution < -0.4 is 5.32 Å². The molecule has 28 heavy (non-hydrogen) atoms. The maximum Gasteiger partial charge on any atom is 0.408 e. The van der Waals surface area contributed by atoms with Gasteiger partial charge in [-0.2, -0.15) is 23.5 Å². The number of thiophene rings is 1. The Balaban J connectivity index is 1.74. The summed E-state index contributed by atoms with van der Waals surface area (Å²) in [4.78, 5) is 17.6. The molecule has 0 spiro atoms. The van der Waals surface area contributed by atoms with Crippen molar-refractivity contribution in [2.45, 2.75) is 32.0 Å². The van der Waals surface area contributed by atoms with E-state index in [1.165, 1.54) is 22.0 Å². The molecule has 4 rings (SSSR count). The molecule has 1 atom stereocenters. The molecule has 0 saturated heterocycles. The molecule has 3 heterocycles. The van der Waals surface area contributed by atoms with Crippen LogP contribution in [0.15, 0.2) is 23.7 Å². The van der Waals surface area contributed by atoms with Gasteiger partial charge in [-0.25, -0.2) is 9.50 Å². The first-order valence-electron chi connectivity index (χ1n) is 8.50. The predicted molar refractivity (Wildman–Crippen MR) is 95.8 cm³/mol. The van der Waals surface area contributed by atoms with Gasteiger partial charge in [-0.15, -0.1) is 11.3 Å². The quantitative estimate of drug-likeness (QED) is 0.717. The van der Waals surface area contributed by atoms with E-state index in [2.05, 4.69) is 21.5 Å². The number of nitrogens with one attached hydrogen (secondary N) is 1. The fraction of sp³-hybridized carbons (Fsp3) is 0.333. The third kappa shape index (κ3) is 3.22. The van der Waals surface area contributed by atoms with E-state index in [0.717, 1.165) is 0 Å². The van der Waals surface area contributed by atoms with Crippen molar-refractivity contribution in [1.82, 2.24) is 19.9 Å². The van der Waals surface area contributed by atoms with Crippen LogP contribution in [-0.2, 0) is 0 Å². The fourth-order valence-corrected chi connectivity index (χ4v) is 3.91. The van der Waals surface area contributed by atoms with Crippen molar-refractivity contribution in [3.63, 3.8) is 0 Å². The van der Waals surface area contributed by atoms with Gasteiger partial charge in [-0.3, -0.25) is 4.79 Å². The zero-order valence-corrected chi connectivity index (χ0v) is 15.4. The second kappa shape index (κ2) is 6.60. The molecule has 6 nitrogen and oxygen atoms in total. The highest BCUT2D eigenvalue weighted by Gasteiger charge is 2.49. The van der Waals surface area contributed by atoms with Gasteiger partial charge in [0.1, 0.15) is 17.7 Å². The number of rotatable bonds is 4. The summed E-state index contributed by atoms with van der Waals surface area (Å²) in [7, 11) is 0. The first-order valence-corrected chi connectivity index (χ1v) is 9.38. The summed E-state index contributed by atoms with van der Waals surface area (Å²) in [6.45, 7) is 1.75. The minimum atomic E-state index is -4.51. The number of carbonyl (C=O) groups excluding carboxylic acids is 1. The number of nitrogens with zero attached hydrogens (tertiary/aromatic N) is 4. The Hall–Kier alpha value is -2.93. The predicted octanol–water partition coefficient (Wildman–Crippen LogP) is 3.71. The molecule has 3 aromatic heterocycles. The van der Waals surface area contributed by atoms with Crippen LogP contribution in [0.3, 0.4) is 0 Å². The van der Waals surface area contributed by atoms with Crippen LogP contribution in [0.5, 0.6) is 0 Å². The first-order chi connectivity index (χ1) is 13.3. The van der Waals surface area contributed by atoms with Crippen LogP contribution in [0.2, 0.25) is 0 Å². The number of nitriles is 1. The number of fused-ring (bicyclic) bond motifs is 1. The van der Waals surface area contributed by atoms with Gasteiger partial charge < -0.3 is 5.32 Å². The van der Waals surface area contributed by atoms with Gasteiger partial charge in [0.15, 0.2) is 5.65 Å². The molecular formula is C18H14F3N5OS. The van der Waals surface area contributed by atoms with E-state index in [-0.39, 0.29) is 11.2 Å². The molecule has 0 bridgehead atoms. The zero-order chi connectivity index (χ0) is 20.1. The number of halogens is 3. The monoisotopic (exact) mass is 405 g/mol. The van der Waals surface area contributed by atoms with E-state index in [9.17, 15) is 23.2 Å². The van der Waals surface area contributed by atoms with E-state index in [4.69, 9.17) is 0 Å². The number of hydrogen-bond acceptors (Lipinski definition) is 5. The summed E-state index contributed by atoms with van der Waals surface area (Å²) < 4.78 is 41.1. The lowest BCUT2D eigenvalue weighted by Crippen LogP contribution is -2.46. The average molecular weight is 405 g/mol. The summed E-state index contributed by atoms with van der Waals surface area (Å²) >= 11 is 1.32. The second-order valence-electron chi connectivity index (χ2n) is 6.68. The van der Waals surface area contributed by atoms with Crippen LogP contribution >= 0.6 is 11.3 Å². The largest absolute Gasteiger partial charge is 0.408 e. The average Bonchev–Trinajstić information content (AvgIpc) is 3.18. The molecule has 1 amide bonds. The van der Waals surface area contributed by atoms with Crippen molar-refractivity contribution in [3.05, 3.63) is 40.5 Å². The van der Waals surface area contributed by atoms with Gasteiger partial charge in [0, 0.05) is 5.69 Å². The van der Waals surface area contributed by atoms with Crippen LogP contribution in [0.25, 0.3) is 16.2 Å². The first kappa shape index (κ1) is 18.4. The highest BCUT2D eigenvalue weighted by molar-refractivity contribution is 7.13. The Morgan fingerprint density at radius 3 is 2.86 bits per heavy atom. The smallest absolute Gasteiger partial charge is 0.340 e. The molecule has 1 unspecified atom stereocenters. The van der Waals surface area contributed by atoms with Crippen LogP contribution in [0.1, 0.15) is 34.5 Å². The third-order valence-corrected chi connectivity index (χ3v) is 5.58. The number of aryl methyl sites for hydroxylation is 1. The number of carbonyl (C=O) groups is 1. The zero-order valence-electron chi connectivity index (χ0n) is 14.6. The lowest BCUT2D eigenvalue weighted by molar-refractivity contribution is -0.158. The summed E-state index contributed by atoms with van der Waals surface area (Å²) in [6.07, 6.45) is -2.41. The molecule has 3 aromatic rings. The number of hydrogen-bond donors (Lipinski definition) is 1. The molecule has 144 valence electrons. The van der Waals surface area contributed by atoms with E-state index in [1.807, 2.05) is 0 Å². The highest BCUT2D eigenvalue weighted by Crippen LogP contribution is 2.40. The summed E-state index contributed by atoms with van der Waals surface area (Å²) in [5, 5.41) is 17.2. The molecule has 1 N–H and O–H groups in total. The van der Waals surface area contributed by atoms with E-state index in [1.54, 1.807) is 24.4 Å². The minimum Gasteiger partial charge on any atom is -0.340 e. The highest BCUT2D eigenvalue weighted by atomic mass is 32.1. The summed E-state index contributed by atoms with van der Waals surface area (Å²) in [5.41, 5.74) is 1.68. The normalized spacial score (nSPS) is 15.4. The maximum absolute atomic E-state index is 13.2. The molecule has 0 aliphatic heterocycles. The van der Waals surface area contributed by atoms with Gasteiger partial charge in [-0.05, 0) is 43.2 Å². The van der Waals surface area contributed by atoms with Crippen molar-refractivity contribution < 1.29 is 18.0 Å². The van der Waals surface area contributed by atoms with Gasteiger partial charge in [0.05, 0.1) is 22.3 Å². The molecule has 1 aliphatic rings. The van der Waals surface area contributed by atoms with Crippen molar-refractivity contribution in [2.75, 3.05) is 0 Å². The molecule has 0 aromatic carbocycles. The van der Waals surface area contributed by atoms with Gasteiger partial charge in [0.25, 0.3) is 5.91 Å². The van der Waals surface area contributed by atoms with Crippen LogP contribution in [-0.4, -0.2) is 32.7 Å². The summed E-state index contributed by atoms with van der Waals surface area (Å²) in [6, 6.07) is 3.59. The van der Waals surface area contributed by atoms with Crippen LogP contribution in [0, 0.1) is 24.2 Å².